The molecule has 2 rings (SSSR count). The summed E-state index contributed by atoms with van der Waals surface area (Å²) in [6.45, 7) is 4.25. The minimum atomic E-state index is -0.601. The maximum atomic E-state index is 10.6. The van der Waals surface area contributed by atoms with Crippen LogP contribution in [0.15, 0.2) is 12.1 Å². The smallest absolute Gasteiger partial charge is 0.305 e. The van der Waals surface area contributed by atoms with E-state index in [1.54, 1.807) is 6.07 Å². The third kappa shape index (κ3) is 2.18. The average Bonchev–Trinajstić information content (AvgIpc) is 2.85. The van der Waals surface area contributed by atoms with Gasteiger partial charge in [0.25, 0.3) is 0 Å². The van der Waals surface area contributed by atoms with Crippen LogP contribution in [-0.4, -0.2) is 15.9 Å². The lowest BCUT2D eigenvalue weighted by atomic mass is 10.2. The van der Waals surface area contributed by atoms with Crippen molar-refractivity contribution >= 4 is 11.5 Å². The van der Waals surface area contributed by atoms with E-state index in [4.69, 9.17) is 5.26 Å². The summed E-state index contributed by atoms with van der Waals surface area (Å²) in [5.41, 5.74) is -0.178. The Balaban J connectivity index is 2.21. The molecule has 1 saturated carbocycles. The second kappa shape index (κ2) is 3.70. The fourth-order valence-electron chi connectivity index (χ4n) is 1.65. The Morgan fingerprint density at radius 2 is 2.29 bits per heavy atom. The molecule has 1 aliphatic rings. The zero-order valence-corrected chi connectivity index (χ0v) is 9.60. The van der Waals surface area contributed by atoms with Crippen molar-refractivity contribution < 1.29 is 4.92 Å². The number of hydrogen-bond acceptors (Lipinski definition) is 5. The highest BCUT2D eigenvalue weighted by atomic mass is 16.6. The minimum Gasteiger partial charge on any atom is -0.367 e. The molecular weight excluding hydrogens is 220 g/mol. The molecule has 88 valence electrons. The molecule has 0 bridgehead atoms. The van der Waals surface area contributed by atoms with E-state index in [9.17, 15) is 10.1 Å². The first-order chi connectivity index (χ1) is 7.94. The van der Waals surface area contributed by atoms with Gasteiger partial charge in [-0.05, 0) is 17.9 Å². The topological polar surface area (TPSA) is 91.9 Å². The fraction of sp³-hybridized carbons (Fsp3) is 0.455. The predicted octanol–water partition coefficient (Wildman–Crippen LogP) is 2.07. The van der Waals surface area contributed by atoms with Gasteiger partial charge < -0.3 is 5.32 Å². The van der Waals surface area contributed by atoms with Crippen LogP contribution in [0.2, 0.25) is 0 Å². The summed E-state index contributed by atoms with van der Waals surface area (Å²) in [6.07, 6.45) is 1.04. The number of rotatable bonds is 3. The molecule has 1 atom stereocenters. The molecular formula is C11H12N4O2. The van der Waals surface area contributed by atoms with E-state index in [0.29, 0.717) is 11.9 Å². The van der Waals surface area contributed by atoms with Crippen molar-refractivity contribution in [3.8, 4) is 6.07 Å². The van der Waals surface area contributed by atoms with Crippen molar-refractivity contribution in [1.29, 1.82) is 5.26 Å². The zero-order valence-electron chi connectivity index (χ0n) is 9.60. The van der Waals surface area contributed by atoms with E-state index in [1.807, 2.05) is 0 Å². The molecule has 1 heterocycles. The Bertz CT molecular complexity index is 519. The zero-order chi connectivity index (χ0) is 12.6. The van der Waals surface area contributed by atoms with Gasteiger partial charge in [0.1, 0.15) is 11.9 Å². The Morgan fingerprint density at radius 1 is 1.65 bits per heavy atom. The predicted molar refractivity (Wildman–Crippen MR) is 61.4 cm³/mol. The molecule has 0 spiro atoms. The van der Waals surface area contributed by atoms with E-state index in [2.05, 4.69) is 24.1 Å². The highest BCUT2D eigenvalue weighted by Gasteiger charge is 2.45. The van der Waals surface area contributed by atoms with Gasteiger partial charge in [-0.1, -0.05) is 13.8 Å². The molecule has 1 fully saturated rings. The van der Waals surface area contributed by atoms with Gasteiger partial charge in [0.15, 0.2) is 0 Å². The quantitative estimate of drug-likeness (QED) is 0.636. The molecule has 1 aromatic rings. The molecule has 1 aromatic heterocycles. The molecule has 0 aromatic carbocycles. The van der Waals surface area contributed by atoms with Gasteiger partial charge >= 0.3 is 5.69 Å². The molecule has 1 unspecified atom stereocenters. The second-order valence-electron chi connectivity index (χ2n) is 4.82. The molecule has 0 aliphatic heterocycles. The van der Waals surface area contributed by atoms with E-state index in [1.165, 1.54) is 12.1 Å². The van der Waals surface area contributed by atoms with Crippen LogP contribution in [0.3, 0.4) is 0 Å². The van der Waals surface area contributed by atoms with E-state index >= 15 is 0 Å². The molecule has 6 nitrogen and oxygen atoms in total. The van der Waals surface area contributed by atoms with Crippen LogP contribution < -0.4 is 5.32 Å². The summed E-state index contributed by atoms with van der Waals surface area (Å²) in [5, 5.41) is 22.6. The third-order valence-electron chi connectivity index (χ3n) is 3.01. The molecule has 0 saturated heterocycles. The van der Waals surface area contributed by atoms with Crippen LogP contribution in [0.25, 0.3) is 0 Å². The highest BCUT2D eigenvalue weighted by Crippen LogP contribution is 2.46. The van der Waals surface area contributed by atoms with Crippen LogP contribution in [0.1, 0.15) is 26.0 Å². The molecule has 1 N–H and O–H groups in total. The van der Waals surface area contributed by atoms with Gasteiger partial charge in [0.05, 0.1) is 4.92 Å². The molecule has 17 heavy (non-hydrogen) atoms. The number of pyridine rings is 1. The van der Waals surface area contributed by atoms with Crippen LogP contribution in [0.4, 0.5) is 11.5 Å². The fourth-order valence-corrected chi connectivity index (χ4v) is 1.65. The van der Waals surface area contributed by atoms with E-state index < -0.39 is 4.92 Å². The van der Waals surface area contributed by atoms with E-state index in [0.717, 1.165) is 6.42 Å². The lowest BCUT2D eigenvalue weighted by Gasteiger charge is -2.07. The third-order valence-corrected chi connectivity index (χ3v) is 3.01. The van der Waals surface area contributed by atoms with Gasteiger partial charge in [0, 0.05) is 12.1 Å². The van der Waals surface area contributed by atoms with Gasteiger partial charge in [0.2, 0.25) is 5.69 Å². The van der Waals surface area contributed by atoms with Crippen molar-refractivity contribution in [2.24, 2.45) is 5.41 Å². The number of aromatic nitrogens is 1. The first-order valence-electron chi connectivity index (χ1n) is 5.26. The molecule has 1 aliphatic carbocycles. The van der Waals surface area contributed by atoms with Crippen molar-refractivity contribution in [3.05, 3.63) is 27.9 Å². The molecule has 0 radical (unpaired) electrons. The maximum absolute atomic E-state index is 10.6. The summed E-state index contributed by atoms with van der Waals surface area (Å²) >= 11 is 0. The van der Waals surface area contributed by atoms with Crippen LogP contribution in [0.5, 0.6) is 0 Å². The summed E-state index contributed by atoms with van der Waals surface area (Å²) < 4.78 is 0. The Labute approximate surface area is 98.4 Å². The number of nitro groups is 1. The first-order valence-corrected chi connectivity index (χ1v) is 5.26. The van der Waals surface area contributed by atoms with Crippen molar-refractivity contribution in [2.75, 3.05) is 5.32 Å². The molecule has 6 heteroatoms. The summed E-state index contributed by atoms with van der Waals surface area (Å²) in [4.78, 5) is 14.0. The van der Waals surface area contributed by atoms with Crippen molar-refractivity contribution in [2.45, 2.75) is 26.3 Å². The van der Waals surface area contributed by atoms with Crippen molar-refractivity contribution in [1.82, 2.24) is 4.98 Å². The van der Waals surface area contributed by atoms with Gasteiger partial charge in [-0.25, -0.2) is 4.98 Å². The van der Waals surface area contributed by atoms with Crippen LogP contribution >= 0.6 is 0 Å². The van der Waals surface area contributed by atoms with Crippen LogP contribution in [-0.2, 0) is 0 Å². The average molecular weight is 232 g/mol. The van der Waals surface area contributed by atoms with Gasteiger partial charge in [-0.15, -0.1) is 0 Å². The second-order valence-corrected chi connectivity index (χ2v) is 4.82. The van der Waals surface area contributed by atoms with E-state index in [-0.39, 0.29) is 16.8 Å². The normalized spacial score (nSPS) is 20.4. The lowest BCUT2D eigenvalue weighted by Crippen LogP contribution is -2.10. The number of nitrogens with zero attached hydrogens (tertiary/aromatic N) is 3. The van der Waals surface area contributed by atoms with Crippen molar-refractivity contribution in [3.63, 3.8) is 0 Å². The van der Waals surface area contributed by atoms with Gasteiger partial charge in [-0.3, -0.25) is 10.1 Å². The number of anilines is 1. The summed E-state index contributed by atoms with van der Waals surface area (Å²) in [7, 11) is 0. The highest BCUT2D eigenvalue weighted by molar-refractivity contribution is 5.51. The molecule has 0 amide bonds. The van der Waals surface area contributed by atoms with Crippen LogP contribution in [0, 0.1) is 26.9 Å². The Kier molecular flexibility index (Phi) is 2.46. The largest absolute Gasteiger partial charge is 0.367 e. The monoisotopic (exact) mass is 232 g/mol. The first kappa shape index (κ1) is 11.3. The maximum Gasteiger partial charge on any atom is 0.305 e. The summed E-state index contributed by atoms with van der Waals surface area (Å²) in [5.74, 6) is 0.516. The number of nitrogens with one attached hydrogen (secondary N) is 1. The Hall–Kier alpha value is -2.16. The summed E-state index contributed by atoms with van der Waals surface area (Å²) in [6, 6.07) is 4.91. The minimum absolute atomic E-state index is 0.154. The Morgan fingerprint density at radius 3 is 2.76 bits per heavy atom. The number of hydrogen-bond donors (Lipinski definition) is 1. The lowest BCUT2D eigenvalue weighted by molar-refractivity contribution is -0.385. The SMILES string of the molecule is CC1(C)CC1Nc1ccc([N+](=O)[O-])c(C#N)n1. The number of nitriles is 1. The van der Waals surface area contributed by atoms with Gasteiger partial charge in [-0.2, -0.15) is 5.26 Å². The standard InChI is InChI=1S/C11H12N4O2/c1-11(2)5-9(11)14-10-4-3-8(15(16)17)7(6-12)13-10/h3-4,9H,5H2,1-2H3,(H,13,14).